The predicted octanol–water partition coefficient (Wildman–Crippen LogP) is 3.19. The highest BCUT2D eigenvalue weighted by atomic mass is 16.5. The van der Waals surface area contributed by atoms with Crippen molar-refractivity contribution in [2.75, 3.05) is 6.54 Å². The molecule has 0 saturated heterocycles. The van der Waals surface area contributed by atoms with Gasteiger partial charge in [0.1, 0.15) is 22.7 Å². The van der Waals surface area contributed by atoms with Gasteiger partial charge in [0.2, 0.25) is 0 Å². The van der Waals surface area contributed by atoms with E-state index in [0.29, 0.717) is 28.4 Å². The van der Waals surface area contributed by atoms with Crippen LogP contribution in [0.2, 0.25) is 0 Å². The van der Waals surface area contributed by atoms with Gasteiger partial charge in [0, 0.05) is 11.1 Å². The molecule has 0 spiro atoms. The van der Waals surface area contributed by atoms with E-state index < -0.39 is 5.60 Å². The molecular weight excluding hydrogens is 320 g/mol. The van der Waals surface area contributed by atoms with Crippen LogP contribution in [0.15, 0.2) is 51.5 Å². The van der Waals surface area contributed by atoms with E-state index in [4.69, 9.17) is 8.94 Å². The fraction of sp³-hybridized carbons (Fsp3) is 0.263. The molecule has 2 aromatic heterocycles. The van der Waals surface area contributed by atoms with Crippen LogP contribution in [0, 0.1) is 13.8 Å². The lowest BCUT2D eigenvalue weighted by molar-refractivity contribution is 0.0514. The number of aliphatic hydroxyl groups is 1. The Hall–Kier alpha value is -2.86. The fourth-order valence-electron chi connectivity index (χ4n) is 2.81. The quantitative estimate of drug-likeness (QED) is 0.745. The number of carbonyl (C=O) groups is 1. The van der Waals surface area contributed by atoms with Gasteiger partial charge in [-0.15, -0.1) is 0 Å². The van der Waals surface area contributed by atoms with Crippen LogP contribution in [-0.4, -0.2) is 22.7 Å². The SMILES string of the molecule is Cc1cc(C(C)(O)CNC(=O)c2cnoc2-c2ccccc2)c(C)o1. The third-order valence-corrected chi connectivity index (χ3v) is 4.07. The maximum atomic E-state index is 12.5. The Morgan fingerprint density at radius 1 is 1.28 bits per heavy atom. The van der Waals surface area contributed by atoms with Gasteiger partial charge >= 0.3 is 0 Å². The zero-order valence-electron chi connectivity index (χ0n) is 14.4. The molecule has 3 rings (SSSR count). The van der Waals surface area contributed by atoms with Crippen molar-refractivity contribution in [1.29, 1.82) is 0 Å². The number of carbonyl (C=O) groups excluding carboxylic acids is 1. The summed E-state index contributed by atoms with van der Waals surface area (Å²) in [5.74, 6) is 1.38. The normalized spacial score (nSPS) is 13.4. The number of amides is 1. The van der Waals surface area contributed by atoms with Crippen LogP contribution < -0.4 is 5.32 Å². The van der Waals surface area contributed by atoms with Crippen LogP contribution in [0.25, 0.3) is 11.3 Å². The van der Waals surface area contributed by atoms with Crippen molar-refractivity contribution in [3.63, 3.8) is 0 Å². The van der Waals surface area contributed by atoms with Gasteiger partial charge in [0.25, 0.3) is 5.91 Å². The number of aromatic nitrogens is 1. The van der Waals surface area contributed by atoms with Gasteiger partial charge in [0.05, 0.1) is 12.7 Å². The van der Waals surface area contributed by atoms with Gasteiger partial charge in [-0.05, 0) is 26.8 Å². The predicted molar refractivity (Wildman–Crippen MR) is 92.0 cm³/mol. The van der Waals surface area contributed by atoms with Crippen LogP contribution in [0.1, 0.15) is 34.4 Å². The highest BCUT2D eigenvalue weighted by molar-refractivity contribution is 5.99. The highest BCUT2D eigenvalue weighted by Crippen LogP contribution is 2.27. The molecule has 0 aliphatic carbocycles. The van der Waals surface area contributed by atoms with Crippen LogP contribution in [0.5, 0.6) is 0 Å². The van der Waals surface area contributed by atoms with Crippen LogP contribution in [-0.2, 0) is 5.60 Å². The standard InChI is InChI=1S/C19H20N2O4/c1-12-9-16(13(2)24-12)19(3,23)11-20-18(22)15-10-21-25-17(15)14-7-5-4-6-8-14/h4-10,23H,11H2,1-3H3,(H,20,22). The monoisotopic (exact) mass is 340 g/mol. The molecule has 2 N–H and O–H groups in total. The Morgan fingerprint density at radius 2 is 2.00 bits per heavy atom. The van der Waals surface area contributed by atoms with Crippen LogP contribution >= 0.6 is 0 Å². The molecule has 1 amide bonds. The van der Waals surface area contributed by atoms with Crippen molar-refractivity contribution in [2.24, 2.45) is 0 Å². The van der Waals surface area contributed by atoms with Crippen molar-refractivity contribution < 1.29 is 18.8 Å². The molecule has 0 saturated carbocycles. The molecular formula is C19H20N2O4. The Balaban J connectivity index is 1.76. The fourth-order valence-corrected chi connectivity index (χ4v) is 2.81. The van der Waals surface area contributed by atoms with Crippen molar-refractivity contribution in [3.05, 3.63) is 65.2 Å². The third kappa shape index (κ3) is 3.49. The topological polar surface area (TPSA) is 88.5 Å². The summed E-state index contributed by atoms with van der Waals surface area (Å²) in [5.41, 5.74) is 0.487. The van der Waals surface area contributed by atoms with E-state index in [9.17, 15) is 9.90 Å². The zero-order valence-corrected chi connectivity index (χ0v) is 14.4. The van der Waals surface area contributed by atoms with Gasteiger partial charge in [-0.25, -0.2) is 0 Å². The molecule has 0 radical (unpaired) electrons. The van der Waals surface area contributed by atoms with Crippen molar-refractivity contribution in [2.45, 2.75) is 26.4 Å². The van der Waals surface area contributed by atoms with E-state index in [-0.39, 0.29) is 12.5 Å². The molecule has 0 aliphatic heterocycles. The first-order chi connectivity index (χ1) is 11.9. The molecule has 1 unspecified atom stereocenters. The third-order valence-electron chi connectivity index (χ3n) is 4.07. The number of hydrogen-bond donors (Lipinski definition) is 2. The van der Waals surface area contributed by atoms with E-state index in [2.05, 4.69) is 10.5 Å². The van der Waals surface area contributed by atoms with Crippen LogP contribution in [0.3, 0.4) is 0 Å². The molecule has 1 atom stereocenters. The Bertz CT molecular complexity index is 878. The van der Waals surface area contributed by atoms with Crippen molar-refractivity contribution in [1.82, 2.24) is 10.5 Å². The summed E-state index contributed by atoms with van der Waals surface area (Å²) in [4.78, 5) is 12.5. The summed E-state index contributed by atoms with van der Waals surface area (Å²) >= 11 is 0. The minimum atomic E-state index is -1.25. The molecule has 2 heterocycles. The van der Waals surface area contributed by atoms with E-state index in [0.717, 1.165) is 5.56 Å². The number of hydrogen-bond acceptors (Lipinski definition) is 5. The highest BCUT2D eigenvalue weighted by Gasteiger charge is 2.29. The molecule has 0 fully saturated rings. The number of aryl methyl sites for hydroxylation is 2. The molecule has 25 heavy (non-hydrogen) atoms. The van der Waals surface area contributed by atoms with Crippen molar-refractivity contribution >= 4 is 5.91 Å². The summed E-state index contributed by atoms with van der Waals surface area (Å²) in [7, 11) is 0. The maximum Gasteiger partial charge on any atom is 0.257 e. The Kier molecular flexibility index (Phi) is 4.46. The minimum Gasteiger partial charge on any atom is -0.466 e. The Labute approximate surface area is 145 Å². The number of nitrogens with zero attached hydrogens (tertiary/aromatic N) is 1. The minimum absolute atomic E-state index is 0.0328. The maximum absolute atomic E-state index is 12.5. The molecule has 6 heteroatoms. The number of furan rings is 1. The number of nitrogens with one attached hydrogen (secondary N) is 1. The largest absolute Gasteiger partial charge is 0.466 e. The average Bonchev–Trinajstić information content (AvgIpc) is 3.20. The molecule has 0 aliphatic rings. The van der Waals surface area contributed by atoms with Gasteiger partial charge < -0.3 is 19.4 Å². The van der Waals surface area contributed by atoms with Gasteiger partial charge in [-0.2, -0.15) is 0 Å². The first-order valence-corrected chi connectivity index (χ1v) is 7.96. The van der Waals surface area contributed by atoms with Crippen LogP contribution in [0.4, 0.5) is 0 Å². The smallest absolute Gasteiger partial charge is 0.257 e. The first-order valence-electron chi connectivity index (χ1n) is 7.96. The lowest BCUT2D eigenvalue weighted by Crippen LogP contribution is -2.38. The van der Waals surface area contributed by atoms with E-state index in [1.54, 1.807) is 19.9 Å². The van der Waals surface area contributed by atoms with E-state index in [1.807, 2.05) is 37.3 Å². The number of rotatable bonds is 5. The van der Waals surface area contributed by atoms with Crippen molar-refractivity contribution in [3.8, 4) is 11.3 Å². The second kappa shape index (κ2) is 6.57. The summed E-state index contributed by atoms with van der Waals surface area (Å²) in [6, 6.07) is 11.0. The lowest BCUT2D eigenvalue weighted by Gasteiger charge is -2.23. The molecule has 3 aromatic rings. The van der Waals surface area contributed by atoms with E-state index >= 15 is 0 Å². The first kappa shape index (κ1) is 17.0. The molecule has 0 bridgehead atoms. The lowest BCUT2D eigenvalue weighted by atomic mass is 9.96. The van der Waals surface area contributed by atoms with Gasteiger partial charge in [0.15, 0.2) is 5.76 Å². The molecule has 6 nitrogen and oxygen atoms in total. The van der Waals surface area contributed by atoms with Gasteiger partial charge in [-0.3, -0.25) is 4.79 Å². The summed E-state index contributed by atoms with van der Waals surface area (Å²) < 4.78 is 10.7. The number of benzene rings is 1. The Morgan fingerprint density at radius 3 is 2.64 bits per heavy atom. The van der Waals surface area contributed by atoms with E-state index in [1.165, 1.54) is 6.20 Å². The van der Waals surface area contributed by atoms with Gasteiger partial charge in [-0.1, -0.05) is 35.5 Å². The average molecular weight is 340 g/mol. The second-order valence-electron chi connectivity index (χ2n) is 6.22. The molecule has 130 valence electrons. The zero-order chi connectivity index (χ0) is 18.0. The summed E-state index contributed by atoms with van der Waals surface area (Å²) in [5, 5.41) is 17.2. The summed E-state index contributed by atoms with van der Waals surface area (Å²) in [6.45, 7) is 5.27. The summed E-state index contributed by atoms with van der Waals surface area (Å²) in [6.07, 6.45) is 1.37. The second-order valence-corrected chi connectivity index (χ2v) is 6.22. The molecule has 1 aromatic carbocycles.